The highest BCUT2D eigenvalue weighted by molar-refractivity contribution is 7.89. The van der Waals surface area contributed by atoms with E-state index in [0.717, 1.165) is 31.4 Å². The monoisotopic (exact) mass is 290 g/mol. The fourth-order valence-corrected chi connectivity index (χ4v) is 3.37. The molecule has 0 amide bonds. The maximum absolute atomic E-state index is 13.7. The minimum Gasteiger partial charge on any atom is -0.316 e. The van der Waals surface area contributed by atoms with E-state index in [4.69, 9.17) is 0 Å². The molecule has 1 aliphatic rings. The summed E-state index contributed by atoms with van der Waals surface area (Å²) >= 11 is 0. The Bertz CT molecular complexity index is 571. The molecule has 0 aliphatic heterocycles. The number of hydrogen-bond donors (Lipinski definition) is 2. The van der Waals surface area contributed by atoms with E-state index < -0.39 is 26.6 Å². The summed E-state index contributed by atoms with van der Waals surface area (Å²) in [5.41, 5.74) is 0.385. The molecule has 0 spiro atoms. The summed E-state index contributed by atoms with van der Waals surface area (Å²) < 4.78 is 53.6. The maximum atomic E-state index is 13.7. The Kier molecular flexibility index (Phi) is 4.17. The highest BCUT2D eigenvalue weighted by Crippen LogP contribution is 2.24. The lowest BCUT2D eigenvalue weighted by Crippen LogP contribution is -2.39. The molecule has 1 saturated carbocycles. The Labute approximate surface area is 111 Å². The molecule has 4 nitrogen and oxygen atoms in total. The van der Waals surface area contributed by atoms with E-state index >= 15 is 0 Å². The third-order valence-electron chi connectivity index (χ3n) is 3.15. The molecule has 2 N–H and O–H groups in total. The van der Waals surface area contributed by atoms with Crippen LogP contribution in [0.3, 0.4) is 0 Å². The first-order valence-corrected chi connectivity index (χ1v) is 7.57. The lowest BCUT2D eigenvalue weighted by Gasteiger charge is -2.26. The zero-order valence-corrected chi connectivity index (χ0v) is 11.4. The first-order valence-electron chi connectivity index (χ1n) is 6.09. The number of sulfonamides is 1. The van der Waals surface area contributed by atoms with Gasteiger partial charge in [-0.2, -0.15) is 0 Å². The van der Waals surface area contributed by atoms with Gasteiger partial charge < -0.3 is 5.32 Å². The number of rotatable bonds is 5. The average molecular weight is 290 g/mol. The van der Waals surface area contributed by atoms with Gasteiger partial charge in [-0.15, -0.1) is 0 Å². The van der Waals surface area contributed by atoms with Crippen LogP contribution >= 0.6 is 0 Å². The Morgan fingerprint density at radius 2 is 2.00 bits per heavy atom. The maximum Gasteiger partial charge on any atom is 0.243 e. The van der Waals surface area contributed by atoms with E-state index in [0.29, 0.717) is 5.56 Å². The van der Waals surface area contributed by atoms with Crippen LogP contribution in [0.15, 0.2) is 17.0 Å². The first kappa shape index (κ1) is 14.4. The third-order valence-corrected chi connectivity index (χ3v) is 4.67. The van der Waals surface area contributed by atoms with Crippen LogP contribution in [-0.2, 0) is 16.6 Å². The van der Waals surface area contributed by atoms with Gasteiger partial charge in [0.05, 0.1) is 0 Å². The molecule has 1 aliphatic carbocycles. The zero-order chi connectivity index (χ0) is 14.0. The molecule has 1 aromatic rings. The molecule has 19 heavy (non-hydrogen) atoms. The Morgan fingerprint density at radius 3 is 2.53 bits per heavy atom. The van der Waals surface area contributed by atoms with Crippen molar-refractivity contribution in [3.8, 4) is 0 Å². The van der Waals surface area contributed by atoms with Gasteiger partial charge in [-0.3, -0.25) is 0 Å². The minimum absolute atomic E-state index is 0.166. The Morgan fingerprint density at radius 1 is 1.32 bits per heavy atom. The van der Waals surface area contributed by atoms with Crippen molar-refractivity contribution in [1.29, 1.82) is 0 Å². The van der Waals surface area contributed by atoms with Crippen LogP contribution in [0, 0.1) is 11.6 Å². The lowest BCUT2D eigenvalue weighted by atomic mass is 9.94. The molecule has 0 atom stereocenters. The van der Waals surface area contributed by atoms with E-state index in [9.17, 15) is 17.2 Å². The molecule has 106 valence electrons. The smallest absolute Gasteiger partial charge is 0.243 e. The molecule has 0 heterocycles. The molecule has 0 unspecified atom stereocenters. The summed E-state index contributed by atoms with van der Waals surface area (Å²) in [5, 5.41) is 2.77. The van der Waals surface area contributed by atoms with Gasteiger partial charge in [0.25, 0.3) is 0 Å². The first-order chi connectivity index (χ1) is 8.94. The highest BCUT2D eigenvalue weighted by atomic mass is 32.2. The minimum atomic E-state index is -4.01. The molecule has 0 aromatic heterocycles. The largest absolute Gasteiger partial charge is 0.316 e. The van der Waals surface area contributed by atoms with Crippen molar-refractivity contribution >= 4 is 10.0 Å². The molecular weight excluding hydrogens is 274 g/mol. The molecule has 0 saturated heterocycles. The summed E-state index contributed by atoms with van der Waals surface area (Å²) in [5.74, 6) is -2.48. The fourth-order valence-electron chi connectivity index (χ4n) is 1.93. The van der Waals surface area contributed by atoms with Crippen molar-refractivity contribution in [3.63, 3.8) is 0 Å². The average Bonchev–Trinajstić information content (AvgIpc) is 2.29. The Balaban J connectivity index is 2.36. The number of hydrogen-bond acceptors (Lipinski definition) is 3. The second-order valence-electron chi connectivity index (χ2n) is 4.67. The van der Waals surface area contributed by atoms with Crippen LogP contribution in [0.5, 0.6) is 0 Å². The van der Waals surface area contributed by atoms with Gasteiger partial charge in [0.1, 0.15) is 4.90 Å². The third kappa shape index (κ3) is 3.10. The predicted octanol–water partition coefficient (Wildman–Crippen LogP) is 1.51. The van der Waals surface area contributed by atoms with Gasteiger partial charge in [-0.05, 0) is 37.6 Å². The number of nitrogens with one attached hydrogen (secondary N) is 2. The summed E-state index contributed by atoms with van der Waals surface area (Å²) in [4.78, 5) is -0.621. The molecule has 0 radical (unpaired) electrons. The van der Waals surface area contributed by atoms with Gasteiger partial charge >= 0.3 is 0 Å². The normalized spacial score (nSPS) is 16.4. The summed E-state index contributed by atoms with van der Waals surface area (Å²) in [7, 11) is -2.37. The summed E-state index contributed by atoms with van der Waals surface area (Å²) in [6, 6.07) is 1.99. The molecule has 1 fully saturated rings. The van der Waals surface area contributed by atoms with Gasteiger partial charge in [0, 0.05) is 12.6 Å². The van der Waals surface area contributed by atoms with Crippen molar-refractivity contribution in [1.82, 2.24) is 10.0 Å². The fraction of sp³-hybridized carbons (Fsp3) is 0.500. The van der Waals surface area contributed by atoms with Gasteiger partial charge in [0.15, 0.2) is 11.6 Å². The van der Waals surface area contributed by atoms with Crippen LogP contribution < -0.4 is 10.0 Å². The van der Waals surface area contributed by atoms with Crippen molar-refractivity contribution in [3.05, 3.63) is 29.3 Å². The van der Waals surface area contributed by atoms with Crippen LogP contribution in [-0.4, -0.2) is 21.5 Å². The quantitative estimate of drug-likeness (QED) is 0.864. The lowest BCUT2D eigenvalue weighted by molar-refractivity contribution is 0.382. The molecule has 7 heteroatoms. The van der Waals surface area contributed by atoms with Crippen LogP contribution in [0.25, 0.3) is 0 Å². The number of halogens is 2. The van der Waals surface area contributed by atoms with Gasteiger partial charge in [0.2, 0.25) is 10.0 Å². The highest BCUT2D eigenvalue weighted by Gasteiger charge is 2.28. The van der Waals surface area contributed by atoms with Crippen molar-refractivity contribution in [2.45, 2.75) is 36.7 Å². The van der Waals surface area contributed by atoms with E-state index in [1.165, 1.54) is 0 Å². The van der Waals surface area contributed by atoms with E-state index in [1.807, 2.05) is 0 Å². The molecular formula is C12H16F2N2O2S. The standard InChI is InChI=1S/C12H16F2N2O2S/c1-15-7-8-5-10(13)12(14)11(6-8)19(17,18)16-9-3-2-4-9/h5-6,9,15-16H,2-4,7H2,1H3. The van der Waals surface area contributed by atoms with Gasteiger partial charge in [-0.1, -0.05) is 6.42 Å². The predicted molar refractivity (Wildman–Crippen MR) is 67.1 cm³/mol. The van der Waals surface area contributed by atoms with Crippen LogP contribution in [0.1, 0.15) is 24.8 Å². The topological polar surface area (TPSA) is 58.2 Å². The van der Waals surface area contributed by atoms with Crippen molar-refractivity contribution in [2.24, 2.45) is 0 Å². The van der Waals surface area contributed by atoms with Crippen molar-refractivity contribution < 1.29 is 17.2 Å². The SMILES string of the molecule is CNCc1cc(F)c(F)c(S(=O)(=O)NC2CCC2)c1. The molecule has 1 aromatic carbocycles. The second kappa shape index (κ2) is 5.52. The van der Waals surface area contributed by atoms with E-state index in [1.54, 1.807) is 7.05 Å². The number of benzene rings is 1. The second-order valence-corrected chi connectivity index (χ2v) is 6.35. The van der Waals surface area contributed by atoms with E-state index in [2.05, 4.69) is 10.0 Å². The Hall–Kier alpha value is -1.05. The zero-order valence-electron chi connectivity index (χ0n) is 10.5. The van der Waals surface area contributed by atoms with E-state index in [-0.39, 0.29) is 12.6 Å². The molecule has 2 rings (SSSR count). The summed E-state index contributed by atoms with van der Waals surface area (Å²) in [6.45, 7) is 0.267. The van der Waals surface area contributed by atoms with Crippen LogP contribution in [0.2, 0.25) is 0 Å². The molecule has 0 bridgehead atoms. The summed E-state index contributed by atoms with van der Waals surface area (Å²) in [6.07, 6.45) is 2.42. The van der Waals surface area contributed by atoms with Gasteiger partial charge in [-0.25, -0.2) is 21.9 Å². The van der Waals surface area contributed by atoms with Crippen molar-refractivity contribution in [2.75, 3.05) is 7.05 Å². The van der Waals surface area contributed by atoms with Crippen LogP contribution in [0.4, 0.5) is 8.78 Å².